The summed E-state index contributed by atoms with van der Waals surface area (Å²) in [5.74, 6) is -1.51. The van der Waals surface area contributed by atoms with Crippen LogP contribution in [0.1, 0.15) is 23.0 Å². The Morgan fingerprint density at radius 1 is 1.16 bits per heavy atom. The molecule has 160 valence electrons. The molecule has 0 radical (unpaired) electrons. The van der Waals surface area contributed by atoms with Crippen LogP contribution in [0.5, 0.6) is 0 Å². The predicted molar refractivity (Wildman–Crippen MR) is 122 cm³/mol. The number of halogens is 1. The van der Waals surface area contributed by atoms with Crippen molar-refractivity contribution in [2.75, 3.05) is 27.2 Å². The van der Waals surface area contributed by atoms with Gasteiger partial charge in [0.05, 0.1) is 17.3 Å². The smallest absolute Gasteiger partial charge is 0.295 e. The molecule has 0 unspecified atom stereocenters. The number of carbonyl (C=O) groups excluding carboxylic acids is 2. The van der Waals surface area contributed by atoms with Crippen molar-refractivity contribution in [2.24, 2.45) is 0 Å². The quantitative estimate of drug-likeness (QED) is 0.342. The topological polar surface area (TPSA) is 78.1 Å². The number of amides is 1. The Morgan fingerprint density at radius 3 is 2.55 bits per heavy atom. The van der Waals surface area contributed by atoms with Gasteiger partial charge in [0.15, 0.2) is 5.76 Å². The lowest BCUT2D eigenvalue weighted by atomic mass is 9.96. The largest absolute Gasteiger partial charge is 0.505 e. The molecule has 1 atom stereocenters. The monoisotopic (exact) mass is 482 g/mol. The highest BCUT2D eigenvalue weighted by molar-refractivity contribution is 9.10. The fraction of sp³-hybridized carbons (Fsp3) is 0.261. The first kappa shape index (κ1) is 21.3. The number of benzene rings is 1. The van der Waals surface area contributed by atoms with Gasteiger partial charge in [-0.3, -0.25) is 14.0 Å². The first-order valence-corrected chi connectivity index (χ1v) is 10.7. The van der Waals surface area contributed by atoms with Crippen LogP contribution >= 0.6 is 15.9 Å². The number of aryl methyl sites for hydroxylation is 1. The molecular formula is C23H23BrN4O3. The van der Waals surface area contributed by atoms with E-state index in [1.807, 2.05) is 61.5 Å². The molecule has 1 N–H and O–H groups in total. The van der Waals surface area contributed by atoms with Gasteiger partial charge < -0.3 is 14.9 Å². The fourth-order valence-corrected chi connectivity index (χ4v) is 4.20. The lowest BCUT2D eigenvalue weighted by molar-refractivity contribution is -0.140. The van der Waals surface area contributed by atoms with Gasteiger partial charge in [-0.05, 0) is 50.8 Å². The van der Waals surface area contributed by atoms with Crippen LogP contribution in [-0.2, 0) is 9.59 Å². The van der Waals surface area contributed by atoms with Crippen molar-refractivity contribution in [1.82, 2.24) is 19.2 Å². The van der Waals surface area contributed by atoms with Crippen LogP contribution in [0.15, 0.2) is 58.7 Å². The lowest BCUT2D eigenvalue weighted by Crippen LogP contribution is -2.35. The van der Waals surface area contributed by atoms with E-state index in [0.29, 0.717) is 30.1 Å². The molecule has 3 aromatic rings. The zero-order valence-corrected chi connectivity index (χ0v) is 19.1. The van der Waals surface area contributed by atoms with E-state index >= 15 is 0 Å². The number of likely N-dealkylation sites (N-methyl/N-ethyl adjacent to an activating group) is 1. The minimum absolute atomic E-state index is 0.0832. The van der Waals surface area contributed by atoms with Gasteiger partial charge in [-0.25, -0.2) is 4.98 Å². The van der Waals surface area contributed by atoms with Gasteiger partial charge in [0.1, 0.15) is 11.3 Å². The molecule has 1 aliphatic heterocycles. The molecule has 1 aliphatic rings. The number of hydrogen-bond acceptors (Lipinski definition) is 5. The number of aromatic nitrogens is 2. The molecule has 2 aromatic heterocycles. The molecule has 1 fully saturated rings. The Morgan fingerprint density at radius 2 is 1.87 bits per heavy atom. The van der Waals surface area contributed by atoms with Crippen LogP contribution in [0, 0.1) is 6.92 Å². The number of imidazole rings is 1. The first-order chi connectivity index (χ1) is 14.8. The zero-order chi connectivity index (χ0) is 22.3. The Kier molecular flexibility index (Phi) is 5.68. The van der Waals surface area contributed by atoms with Gasteiger partial charge in [0.2, 0.25) is 0 Å². The third kappa shape index (κ3) is 3.77. The van der Waals surface area contributed by atoms with Crippen molar-refractivity contribution >= 4 is 39.0 Å². The van der Waals surface area contributed by atoms with Crippen LogP contribution < -0.4 is 0 Å². The van der Waals surface area contributed by atoms with E-state index < -0.39 is 17.7 Å². The molecule has 0 bridgehead atoms. The number of aliphatic hydroxyl groups excluding tert-OH is 1. The van der Waals surface area contributed by atoms with Gasteiger partial charge in [0.25, 0.3) is 11.7 Å². The van der Waals surface area contributed by atoms with Crippen molar-refractivity contribution in [3.63, 3.8) is 0 Å². The molecule has 0 aliphatic carbocycles. The molecule has 1 amide bonds. The van der Waals surface area contributed by atoms with Gasteiger partial charge in [-0.2, -0.15) is 0 Å². The van der Waals surface area contributed by atoms with Gasteiger partial charge in [-0.15, -0.1) is 0 Å². The van der Waals surface area contributed by atoms with Crippen LogP contribution in [0.25, 0.3) is 11.4 Å². The number of carbonyl (C=O) groups is 2. The van der Waals surface area contributed by atoms with E-state index in [-0.39, 0.29) is 11.3 Å². The number of Topliss-reactive ketones (excluding diaryl/α,β-unsaturated/α-hetero) is 1. The molecule has 7 nitrogen and oxygen atoms in total. The summed E-state index contributed by atoms with van der Waals surface area (Å²) in [5, 5.41) is 11.4. The Hall–Kier alpha value is -2.97. The maximum Gasteiger partial charge on any atom is 0.295 e. The fourth-order valence-electron chi connectivity index (χ4n) is 3.94. The highest BCUT2D eigenvalue weighted by Gasteiger charge is 2.46. The van der Waals surface area contributed by atoms with Crippen LogP contribution in [-0.4, -0.2) is 63.2 Å². The lowest BCUT2D eigenvalue weighted by Gasteiger charge is -2.26. The molecule has 3 heterocycles. The number of hydrogen-bond donors (Lipinski definition) is 1. The summed E-state index contributed by atoms with van der Waals surface area (Å²) in [5.41, 5.74) is 2.50. The molecule has 1 saturated heterocycles. The summed E-state index contributed by atoms with van der Waals surface area (Å²) in [6.45, 7) is 2.73. The summed E-state index contributed by atoms with van der Waals surface area (Å²) >= 11 is 3.43. The second-order valence-electron chi connectivity index (χ2n) is 7.82. The highest BCUT2D eigenvalue weighted by atomic mass is 79.9. The molecule has 1 aromatic carbocycles. The van der Waals surface area contributed by atoms with Gasteiger partial charge >= 0.3 is 0 Å². The average Bonchev–Trinajstić information content (AvgIpc) is 3.20. The second kappa shape index (κ2) is 8.28. The Balaban J connectivity index is 1.92. The Bertz CT molecular complexity index is 1200. The normalized spacial score (nSPS) is 18.5. The highest BCUT2D eigenvalue weighted by Crippen LogP contribution is 2.40. The first-order valence-electron chi connectivity index (χ1n) is 9.92. The number of aliphatic hydroxyl groups is 1. The van der Waals surface area contributed by atoms with E-state index in [1.54, 1.807) is 17.5 Å². The van der Waals surface area contributed by atoms with Crippen LogP contribution in [0.2, 0.25) is 0 Å². The van der Waals surface area contributed by atoms with Gasteiger partial charge in [0, 0.05) is 23.8 Å². The predicted octanol–water partition coefficient (Wildman–Crippen LogP) is 3.39. The third-order valence-electron chi connectivity index (χ3n) is 5.44. The number of nitrogens with zero attached hydrogens (tertiary/aromatic N) is 4. The number of fused-ring (bicyclic) bond motifs is 1. The molecule has 8 heteroatoms. The third-order valence-corrected chi connectivity index (χ3v) is 5.97. The summed E-state index contributed by atoms with van der Waals surface area (Å²) in [6, 6.07) is 12.3. The summed E-state index contributed by atoms with van der Waals surface area (Å²) in [4.78, 5) is 34.1. The van der Waals surface area contributed by atoms with E-state index in [1.165, 1.54) is 4.90 Å². The molecule has 31 heavy (non-hydrogen) atoms. The van der Waals surface area contributed by atoms with Crippen molar-refractivity contribution in [3.8, 4) is 0 Å². The number of likely N-dealkylation sites (tertiary alicyclic amines) is 1. The zero-order valence-electron chi connectivity index (χ0n) is 17.5. The summed E-state index contributed by atoms with van der Waals surface area (Å²) in [6.07, 6.45) is 1.78. The van der Waals surface area contributed by atoms with E-state index in [9.17, 15) is 14.7 Å². The van der Waals surface area contributed by atoms with Crippen LogP contribution in [0.3, 0.4) is 0 Å². The standard InChI is InChI=1S/C23H23BrN4O3/c1-14-19(27-11-5-4-6-17(27)25-14)21(29)18-20(15-7-9-16(24)10-8-15)28(13-12-26(2)3)23(31)22(18)30/h4-11,20,29H,12-13H2,1-3H3/t20-/m0/s1. The van der Waals surface area contributed by atoms with Crippen molar-refractivity contribution in [3.05, 3.63) is 75.7 Å². The van der Waals surface area contributed by atoms with Crippen molar-refractivity contribution < 1.29 is 14.7 Å². The van der Waals surface area contributed by atoms with E-state index in [4.69, 9.17) is 0 Å². The van der Waals surface area contributed by atoms with E-state index in [0.717, 1.165) is 10.0 Å². The Labute approximate surface area is 188 Å². The second-order valence-corrected chi connectivity index (χ2v) is 8.74. The minimum Gasteiger partial charge on any atom is -0.505 e. The number of pyridine rings is 1. The van der Waals surface area contributed by atoms with E-state index in [2.05, 4.69) is 20.9 Å². The summed E-state index contributed by atoms with van der Waals surface area (Å²) < 4.78 is 2.62. The molecule has 0 saturated carbocycles. The van der Waals surface area contributed by atoms with Crippen molar-refractivity contribution in [1.29, 1.82) is 0 Å². The van der Waals surface area contributed by atoms with Gasteiger partial charge in [-0.1, -0.05) is 34.1 Å². The maximum atomic E-state index is 13.1. The SMILES string of the molecule is Cc1nc2ccccn2c1C(O)=C1C(=O)C(=O)N(CCN(C)C)[C@H]1c1ccc(Br)cc1. The van der Waals surface area contributed by atoms with Crippen LogP contribution in [0.4, 0.5) is 0 Å². The number of rotatable bonds is 5. The minimum atomic E-state index is -0.686. The number of ketones is 1. The molecule has 0 spiro atoms. The van der Waals surface area contributed by atoms with Crippen molar-refractivity contribution in [2.45, 2.75) is 13.0 Å². The maximum absolute atomic E-state index is 13.1. The molecule has 4 rings (SSSR count). The summed E-state index contributed by atoms with van der Waals surface area (Å²) in [7, 11) is 3.82. The average molecular weight is 483 g/mol. The molecular weight excluding hydrogens is 460 g/mol.